The van der Waals surface area contributed by atoms with Gasteiger partial charge in [0.15, 0.2) is 0 Å². The molecule has 0 radical (unpaired) electrons. The third-order valence-electron chi connectivity index (χ3n) is 3.66. The van der Waals surface area contributed by atoms with Crippen LogP contribution in [0.1, 0.15) is 27.2 Å². The summed E-state index contributed by atoms with van der Waals surface area (Å²) >= 11 is 0. The lowest BCUT2D eigenvalue weighted by atomic mass is 9.87. The molecular formula is C11H21NO2. The molecule has 2 unspecified atom stereocenters. The average molecular weight is 199 g/mol. The first-order chi connectivity index (χ1) is 6.56. The zero-order valence-electron chi connectivity index (χ0n) is 9.43. The second-order valence-electron chi connectivity index (χ2n) is 5.16. The minimum atomic E-state index is -0.0444. The zero-order chi connectivity index (χ0) is 10.2. The molecule has 14 heavy (non-hydrogen) atoms. The van der Waals surface area contributed by atoms with E-state index in [9.17, 15) is 0 Å². The highest BCUT2D eigenvalue weighted by Crippen LogP contribution is 2.34. The highest BCUT2D eigenvalue weighted by Gasteiger charge is 2.46. The molecule has 3 nitrogen and oxygen atoms in total. The molecule has 0 bridgehead atoms. The highest BCUT2D eigenvalue weighted by molar-refractivity contribution is 4.97. The summed E-state index contributed by atoms with van der Waals surface area (Å²) in [6, 6.07) is 0. The topological polar surface area (TPSA) is 30.5 Å². The molecule has 1 spiro atoms. The first kappa shape index (κ1) is 10.4. The molecule has 2 rings (SSSR count). The lowest BCUT2D eigenvalue weighted by Gasteiger charge is -2.47. The lowest BCUT2D eigenvalue weighted by molar-refractivity contribution is -0.187. The number of hydrogen-bond acceptors (Lipinski definition) is 3. The Labute approximate surface area is 86.2 Å². The standard InChI is InChI=1S/C11H21NO2/c1-9(2)10(3)6-12-7-11(14-10)4-5-13-8-11/h9,12H,4-8H2,1-3H3. The molecule has 2 heterocycles. The molecule has 2 atom stereocenters. The molecule has 0 amide bonds. The Morgan fingerprint density at radius 3 is 2.64 bits per heavy atom. The number of morpholine rings is 1. The molecule has 0 aromatic carbocycles. The maximum absolute atomic E-state index is 6.30. The molecule has 2 saturated heterocycles. The van der Waals surface area contributed by atoms with Crippen LogP contribution in [0.25, 0.3) is 0 Å². The first-order valence-corrected chi connectivity index (χ1v) is 5.55. The summed E-state index contributed by atoms with van der Waals surface area (Å²) in [5, 5.41) is 3.48. The highest BCUT2D eigenvalue weighted by atomic mass is 16.6. The van der Waals surface area contributed by atoms with E-state index in [4.69, 9.17) is 9.47 Å². The van der Waals surface area contributed by atoms with Gasteiger partial charge in [0, 0.05) is 26.1 Å². The van der Waals surface area contributed by atoms with Gasteiger partial charge in [0.05, 0.1) is 12.2 Å². The predicted molar refractivity (Wildman–Crippen MR) is 55.4 cm³/mol. The monoisotopic (exact) mass is 199 g/mol. The maximum atomic E-state index is 6.30. The van der Waals surface area contributed by atoms with Crippen molar-refractivity contribution in [3.8, 4) is 0 Å². The van der Waals surface area contributed by atoms with Crippen LogP contribution in [0.15, 0.2) is 0 Å². The van der Waals surface area contributed by atoms with E-state index < -0.39 is 0 Å². The van der Waals surface area contributed by atoms with E-state index in [1.54, 1.807) is 0 Å². The Hall–Kier alpha value is -0.120. The van der Waals surface area contributed by atoms with Crippen molar-refractivity contribution in [3.05, 3.63) is 0 Å². The van der Waals surface area contributed by atoms with Crippen molar-refractivity contribution in [2.75, 3.05) is 26.3 Å². The minimum absolute atomic E-state index is 0.0358. The molecule has 82 valence electrons. The van der Waals surface area contributed by atoms with E-state index in [0.29, 0.717) is 5.92 Å². The van der Waals surface area contributed by atoms with E-state index >= 15 is 0 Å². The Bertz CT molecular complexity index is 207. The average Bonchev–Trinajstić information content (AvgIpc) is 2.53. The summed E-state index contributed by atoms with van der Waals surface area (Å²) < 4.78 is 11.7. The normalized spacial score (nSPS) is 43.7. The zero-order valence-corrected chi connectivity index (χ0v) is 9.43. The quantitative estimate of drug-likeness (QED) is 0.688. The minimum Gasteiger partial charge on any atom is -0.378 e. The van der Waals surface area contributed by atoms with Gasteiger partial charge in [-0.25, -0.2) is 0 Å². The van der Waals surface area contributed by atoms with Gasteiger partial charge in [-0.1, -0.05) is 13.8 Å². The van der Waals surface area contributed by atoms with Crippen molar-refractivity contribution in [2.24, 2.45) is 5.92 Å². The molecule has 2 fully saturated rings. The molecule has 0 aromatic heterocycles. The van der Waals surface area contributed by atoms with E-state index in [1.807, 2.05) is 0 Å². The molecule has 0 aromatic rings. The number of hydrogen-bond donors (Lipinski definition) is 1. The van der Waals surface area contributed by atoms with E-state index in [2.05, 4.69) is 26.1 Å². The number of ether oxygens (including phenoxy) is 2. The van der Waals surface area contributed by atoms with Crippen molar-refractivity contribution >= 4 is 0 Å². The van der Waals surface area contributed by atoms with Crippen molar-refractivity contribution in [2.45, 2.75) is 38.4 Å². The number of rotatable bonds is 1. The van der Waals surface area contributed by atoms with Gasteiger partial charge >= 0.3 is 0 Å². The SMILES string of the molecule is CC(C)C1(C)CNCC2(CCOC2)O1. The number of nitrogens with one attached hydrogen (secondary N) is 1. The van der Waals surface area contributed by atoms with Crippen LogP contribution in [0, 0.1) is 5.92 Å². The largest absolute Gasteiger partial charge is 0.378 e. The van der Waals surface area contributed by atoms with E-state index in [1.165, 1.54) is 0 Å². The van der Waals surface area contributed by atoms with Crippen LogP contribution in [0.4, 0.5) is 0 Å². The molecule has 2 aliphatic heterocycles. The van der Waals surface area contributed by atoms with Crippen LogP contribution in [-0.4, -0.2) is 37.5 Å². The summed E-state index contributed by atoms with van der Waals surface area (Å²) in [6.07, 6.45) is 1.03. The molecule has 3 heteroatoms. The smallest absolute Gasteiger partial charge is 0.107 e. The van der Waals surface area contributed by atoms with Crippen LogP contribution >= 0.6 is 0 Å². The summed E-state index contributed by atoms with van der Waals surface area (Å²) in [5.74, 6) is 0.535. The molecule has 0 saturated carbocycles. The third kappa shape index (κ3) is 1.69. The predicted octanol–water partition coefficient (Wildman–Crippen LogP) is 1.18. The van der Waals surface area contributed by atoms with E-state index in [-0.39, 0.29) is 11.2 Å². The van der Waals surface area contributed by atoms with Gasteiger partial charge < -0.3 is 14.8 Å². The van der Waals surface area contributed by atoms with Crippen molar-refractivity contribution in [1.29, 1.82) is 0 Å². The summed E-state index contributed by atoms with van der Waals surface area (Å²) in [7, 11) is 0. The van der Waals surface area contributed by atoms with Crippen molar-refractivity contribution in [3.63, 3.8) is 0 Å². The molecule has 0 aliphatic carbocycles. The van der Waals surface area contributed by atoms with Gasteiger partial charge in [-0.15, -0.1) is 0 Å². The molecular weight excluding hydrogens is 178 g/mol. The fraction of sp³-hybridized carbons (Fsp3) is 1.00. The summed E-state index contributed by atoms with van der Waals surface area (Å²) in [5.41, 5.74) is -0.0801. The van der Waals surface area contributed by atoms with Gasteiger partial charge in [0.25, 0.3) is 0 Å². The van der Waals surface area contributed by atoms with Gasteiger partial charge in [-0.2, -0.15) is 0 Å². The maximum Gasteiger partial charge on any atom is 0.107 e. The van der Waals surface area contributed by atoms with Crippen LogP contribution in [0.5, 0.6) is 0 Å². The Morgan fingerprint density at radius 2 is 2.07 bits per heavy atom. The third-order valence-corrected chi connectivity index (χ3v) is 3.66. The van der Waals surface area contributed by atoms with Gasteiger partial charge in [-0.05, 0) is 12.8 Å². The van der Waals surface area contributed by atoms with Crippen LogP contribution in [0.2, 0.25) is 0 Å². The fourth-order valence-corrected chi connectivity index (χ4v) is 2.24. The second-order valence-corrected chi connectivity index (χ2v) is 5.16. The van der Waals surface area contributed by atoms with Crippen molar-refractivity contribution in [1.82, 2.24) is 5.32 Å². The Morgan fingerprint density at radius 1 is 1.29 bits per heavy atom. The second kappa shape index (κ2) is 3.47. The van der Waals surface area contributed by atoms with Gasteiger partial charge in [-0.3, -0.25) is 0 Å². The molecule has 2 aliphatic rings. The van der Waals surface area contributed by atoms with Crippen LogP contribution in [-0.2, 0) is 9.47 Å². The lowest BCUT2D eigenvalue weighted by Crippen LogP contribution is -2.61. The fourth-order valence-electron chi connectivity index (χ4n) is 2.24. The molecule has 1 N–H and O–H groups in total. The van der Waals surface area contributed by atoms with Gasteiger partial charge in [0.1, 0.15) is 5.60 Å². The van der Waals surface area contributed by atoms with Crippen molar-refractivity contribution < 1.29 is 9.47 Å². The van der Waals surface area contributed by atoms with E-state index in [0.717, 1.165) is 32.7 Å². The van der Waals surface area contributed by atoms with Gasteiger partial charge in [0.2, 0.25) is 0 Å². The first-order valence-electron chi connectivity index (χ1n) is 5.55. The Kier molecular flexibility index (Phi) is 2.58. The summed E-state index contributed by atoms with van der Waals surface area (Å²) in [4.78, 5) is 0. The van der Waals surface area contributed by atoms with Crippen LogP contribution in [0.3, 0.4) is 0 Å². The Balaban J connectivity index is 2.10. The van der Waals surface area contributed by atoms with Crippen LogP contribution < -0.4 is 5.32 Å². The summed E-state index contributed by atoms with van der Waals surface area (Å²) in [6.45, 7) is 10.1.